The molecule has 0 bridgehead atoms. The second-order valence-corrected chi connectivity index (χ2v) is 9.67. The monoisotopic (exact) mass is 407 g/mol. The fraction of sp³-hybridized carbons (Fsp3) is 0.333. The third-order valence-electron chi connectivity index (χ3n) is 4.66. The zero-order valence-corrected chi connectivity index (χ0v) is 16.3. The number of piperidine rings is 1. The Kier molecular flexibility index (Phi) is 4.83. The molecule has 1 saturated heterocycles. The highest BCUT2D eigenvalue weighted by Gasteiger charge is 2.33. The third-order valence-corrected chi connectivity index (χ3v) is 7.59. The van der Waals surface area contributed by atoms with Crippen LogP contribution in [-0.2, 0) is 10.0 Å². The lowest BCUT2D eigenvalue weighted by atomic mass is 9.98. The standard InChI is InChI=1S/C18H18FN3O3S2/c1-12-6-7-15(26-12)17-20-18(25-21-17)13-8-10-22(11-9-13)27(23,24)16-5-3-2-4-14(16)19/h2-7,13H,8-11H2,1H3. The van der Waals surface area contributed by atoms with Crippen molar-refractivity contribution in [2.45, 2.75) is 30.6 Å². The van der Waals surface area contributed by atoms with Gasteiger partial charge in [0.25, 0.3) is 0 Å². The summed E-state index contributed by atoms with van der Waals surface area (Å²) in [6, 6.07) is 9.41. The van der Waals surface area contributed by atoms with E-state index >= 15 is 0 Å². The minimum Gasteiger partial charge on any atom is -0.339 e. The van der Waals surface area contributed by atoms with Gasteiger partial charge in [-0.05, 0) is 44.0 Å². The van der Waals surface area contributed by atoms with Crippen LogP contribution in [0.4, 0.5) is 4.39 Å². The first-order valence-corrected chi connectivity index (χ1v) is 10.9. The van der Waals surface area contributed by atoms with Crippen molar-refractivity contribution in [3.8, 4) is 10.7 Å². The zero-order valence-electron chi connectivity index (χ0n) is 14.6. The lowest BCUT2D eigenvalue weighted by Gasteiger charge is -2.29. The van der Waals surface area contributed by atoms with Gasteiger partial charge in [0.15, 0.2) is 0 Å². The summed E-state index contributed by atoms with van der Waals surface area (Å²) in [5, 5.41) is 4.04. The van der Waals surface area contributed by atoms with Crippen LogP contribution < -0.4 is 0 Å². The molecule has 0 spiro atoms. The zero-order chi connectivity index (χ0) is 19.0. The van der Waals surface area contributed by atoms with Crippen LogP contribution in [0.2, 0.25) is 0 Å². The second-order valence-electron chi connectivity index (χ2n) is 6.48. The Morgan fingerprint density at radius 3 is 2.59 bits per heavy atom. The average Bonchev–Trinajstić information content (AvgIpc) is 3.31. The van der Waals surface area contributed by atoms with Gasteiger partial charge in [-0.25, -0.2) is 12.8 Å². The van der Waals surface area contributed by atoms with E-state index in [0.29, 0.717) is 24.6 Å². The Hall–Kier alpha value is -2.10. The lowest BCUT2D eigenvalue weighted by molar-refractivity contribution is 0.270. The SMILES string of the molecule is Cc1ccc(-c2noc(C3CCN(S(=O)(=O)c4ccccc4F)CC3)n2)s1. The van der Waals surface area contributed by atoms with Gasteiger partial charge in [0.05, 0.1) is 4.88 Å². The Bertz CT molecular complexity index is 1050. The molecule has 0 radical (unpaired) electrons. The van der Waals surface area contributed by atoms with E-state index in [2.05, 4.69) is 10.1 Å². The number of halogens is 1. The summed E-state index contributed by atoms with van der Waals surface area (Å²) in [4.78, 5) is 6.32. The molecule has 0 saturated carbocycles. The van der Waals surface area contributed by atoms with Crippen LogP contribution >= 0.6 is 11.3 Å². The van der Waals surface area contributed by atoms with Gasteiger partial charge in [-0.1, -0.05) is 17.3 Å². The summed E-state index contributed by atoms with van der Waals surface area (Å²) in [7, 11) is -3.84. The maximum atomic E-state index is 13.9. The van der Waals surface area contributed by atoms with Gasteiger partial charge in [0.1, 0.15) is 10.7 Å². The first-order chi connectivity index (χ1) is 12.9. The van der Waals surface area contributed by atoms with Gasteiger partial charge in [-0.2, -0.15) is 9.29 Å². The maximum Gasteiger partial charge on any atom is 0.245 e. The summed E-state index contributed by atoms with van der Waals surface area (Å²) < 4.78 is 46.0. The topological polar surface area (TPSA) is 76.3 Å². The van der Waals surface area contributed by atoms with E-state index in [1.54, 1.807) is 11.3 Å². The molecule has 142 valence electrons. The fourth-order valence-electron chi connectivity index (χ4n) is 3.19. The smallest absolute Gasteiger partial charge is 0.245 e. The minimum absolute atomic E-state index is 0.000575. The number of nitrogens with zero attached hydrogens (tertiary/aromatic N) is 3. The van der Waals surface area contributed by atoms with Crippen molar-refractivity contribution in [3.63, 3.8) is 0 Å². The molecular weight excluding hydrogens is 389 g/mol. The van der Waals surface area contributed by atoms with Crippen molar-refractivity contribution >= 4 is 21.4 Å². The quantitative estimate of drug-likeness (QED) is 0.657. The van der Waals surface area contributed by atoms with E-state index in [-0.39, 0.29) is 23.9 Å². The second kappa shape index (κ2) is 7.14. The van der Waals surface area contributed by atoms with Gasteiger partial charge in [-0.3, -0.25) is 0 Å². The minimum atomic E-state index is -3.84. The van der Waals surface area contributed by atoms with Gasteiger partial charge in [0.2, 0.25) is 21.7 Å². The van der Waals surface area contributed by atoms with Crippen molar-refractivity contribution in [1.82, 2.24) is 14.4 Å². The molecule has 0 unspecified atom stereocenters. The summed E-state index contributed by atoms with van der Waals surface area (Å²) >= 11 is 1.60. The van der Waals surface area contributed by atoms with E-state index in [4.69, 9.17) is 4.52 Å². The number of thiophene rings is 1. The third kappa shape index (κ3) is 3.54. The molecule has 9 heteroatoms. The average molecular weight is 407 g/mol. The molecular formula is C18H18FN3O3S2. The fourth-order valence-corrected chi connectivity index (χ4v) is 5.52. The highest BCUT2D eigenvalue weighted by Crippen LogP contribution is 2.32. The van der Waals surface area contributed by atoms with Crippen molar-refractivity contribution in [3.05, 3.63) is 53.0 Å². The molecule has 3 aromatic rings. The Balaban J connectivity index is 1.46. The number of rotatable bonds is 4. The molecule has 0 aliphatic carbocycles. The number of aromatic nitrogens is 2. The van der Waals surface area contributed by atoms with Crippen molar-refractivity contribution in [2.24, 2.45) is 0 Å². The molecule has 3 heterocycles. The molecule has 4 rings (SSSR count). The van der Waals surface area contributed by atoms with Crippen LogP contribution in [-0.4, -0.2) is 36.0 Å². The number of aryl methyl sites for hydroxylation is 1. The number of benzene rings is 1. The molecule has 6 nitrogen and oxygen atoms in total. The predicted octanol–water partition coefficient (Wildman–Crippen LogP) is 3.81. The van der Waals surface area contributed by atoms with Crippen LogP contribution in [0.25, 0.3) is 10.7 Å². The number of hydrogen-bond donors (Lipinski definition) is 0. The van der Waals surface area contributed by atoms with E-state index < -0.39 is 15.8 Å². The molecule has 0 N–H and O–H groups in total. The van der Waals surface area contributed by atoms with Crippen molar-refractivity contribution in [1.29, 1.82) is 0 Å². The van der Waals surface area contributed by atoms with Gasteiger partial charge >= 0.3 is 0 Å². The van der Waals surface area contributed by atoms with Crippen LogP contribution in [0.15, 0.2) is 45.8 Å². The van der Waals surface area contributed by atoms with Gasteiger partial charge < -0.3 is 4.52 Å². The number of sulfonamides is 1. The van der Waals surface area contributed by atoms with Crippen LogP contribution in [0, 0.1) is 12.7 Å². The normalized spacial score (nSPS) is 16.7. The highest BCUT2D eigenvalue weighted by molar-refractivity contribution is 7.89. The summed E-state index contributed by atoms with van der Waals surface area (Å²) in [6.45, 7) is 2.59. The summed E-state index contributed by atoms with van der Waals surface area (Å²) in [6.07, 6.45) is 1.11. The summed E-state index contributed by atoms with van der Waals surface area (Å²) in [5.74, 6) is 0.357. The van der Waals surface area contributed by atoms with Crippen molar-refractivity contribution in [2.75, 3.05) is 13.1 Å². The largest absolute Gasteiger partial charge is 0.339 e. The van der Waals surface area contributed by atoms with Crippen LogP contribution in [0.1, 0.15) is 29.5 Å². The lowest BCUT2D eigenvalue weighted by Crippen LogP contribution is -2.38. The molecule has 2 aromatic heterocycles. The predicted molar refractivity (Wildman–Crippen MR) is 99.5 cm³/mol. The Morgan fingerprint density at radius 1 is 1.19 bits per heavy atom. The molecule has 1 fully saturated rings. The summed E-state index contributed by atoms with van der Waals surface area (Å²) in [5.41, 5.74) is 0. The molecule has 1 aliphatic heterocycles. The van der Waals surface area contributed by atoms with E-state index in [1.165, 1.54) is 27.4 Å². The Labute approximate surface area is 160 Å². The molecule has 0 amide bonds. The van der Waals surface area contributed by atoms with Gasteiger partial charge in [-0.15, -0.1) is 11.3 Å². The molecule has 0 atom stereocenters. The van der Waals surface area contributed by atoms with E-state index in [9.17, 15) is 12.8 Å². The Morgan fingerprint density at radius 2 is 1.93 bits per heavy atom. The van der Waals surface area contributed by atoms with Crippen LogP contribution in [0.5, 0.6) is 0 Å². The van der Waals surface area contributed by atoms with E-state index in [1.807, 2.05) is 19.1 Å². The molecule has 1 aromatic carbocycles. The molecule has 27 heavy (non-hydrogen) atoms. The maximum absolute atomic E-state index is 13.9. The van der Waals surface area contributed by atoms with E-state index in [0.717, 1.165) is 10.9 Å². The van der Waals surface area contributed by atoms with Gasteiger partial charge in [0, 0.05) is 23.9 Å². The highest BCUT2D eigenvalue weighted by atomic mass is 32.2. The first-order valence-electron chi connectivity index (χ1n) is 8.60. The first kappa shape index (κ1) is 18.3. The van der Waals surface area contributed by atoms with Crippen LogP contribution in [0.3, 0.4) is 0 Å². The van der Waals surface area contributed by atoms with Crippen molar-refractivity contribution < 1.29 is 17.3 Å². The number of hydrogen-bond acceptors (Lipinski definition) is 6. The molecule has 1 aliphatic rings.